The first-order valence-electron chi connectivity index (χ1n) is 15.4. The summed E-state index contributed by atoms with van der Waals surface area (Å²) in [6.07, 6.45) is 1.50. The van der Waals surface area contributed by atoms with Crippen LogP contribution in [-0.2, 0) is 11.7 Å². The number of fused-ring (bicyclic) bond motifs is 2. The van der Waals surface area contributed by atoms with Gasteiger partial charge in [-0.3, -0.25) is 9.59 Å². The fourth-order valence-corrected chi connectivity index (χ4v) is 7.48. The van der Waals surface area contributed by atoms with Gasteiger partial charge in [0.1, 0.15) is 17.1 Å². The van der Waals surface area contributed by atoms with Crippen LogP contribution in [0.25, 0.3) is 0 Å². The summed E-state index contributed by atoms with van der Waals surface area (Å²) < 4.78 is 53.4. The van der Waals surface area contributed by atoms with E-state index in [2.05, 4.69) is 32.5 Å². The molecule has 2 spiro atoms. The number of carbonyl (C=O) groups excluding carboxylic acids is 2. The average molecular weight is 637 g/mol. The zero-order valence-corrected chi connectivity index (χ0v) is 25.8. The molecule has 2 atom stereocenters. The van der Waals surface area contributed by atoms with E-state index in [9.17, 15) is 22.8 Å². The van der Waals surface area contributed by atoms with Crippen LogP contribution in [0, 0.1) is 5.41 Å². The van der Waals surface area contributed by atoms with Crippen LogP contribution in [0.2, 0.25) is 0 Å². The SMILES string of the molecule is COc1cc(C(=O)NC2CCC3(CCN(C)C3)C2)ccc1Nc1ncc(C(F)(F)F)c(Oc2cccc3c2C(=O)N(C)C32CC2)n1. The van der Waals surface area contributed by atoms with Crippen molar-refractivity contribution < 1.29 is 32.2 Å². The minimum Gasteiger partial charge on any atom is -0.495 e. The van der Waals surface area contributed by atoms with E-state index in [1.165, 1.54) is 13.2 Å². The maximum atomic E-state index is 14.0. The molecular weight excluding hydrogens is 601 g/mol. The molecule has 2 amide bonds. The minimum absolute atomic E-state index is 0.00523. The predicted octanol–water partition coefficient (Wildman–Crippen LogP) is 5.72. The first-order valence-corrected chi connectivity index (χ1v) is 15.4. The fraction of sp³-hybridized carbons (Fsp3) is 0.455. The molecular formula is C33H35F3N6O4. The molecule has 2 aliphatic carbocycles. The maximum Gasteiger partial charge on any atom is 0.423 e. The lowest BCUT2D eigenvalue weighted by molar-refractivity contribution is -0.139. The van der Waals surface area contributed by atoms with Crippen molar-refractivity contribution in [1.29, 1.82) is 0 Å². The number of ether oxygens (including phenoxy) is 2. The molecule has 0 bridgehead atoms. The average Bonchev–Trinajstić information content (AvgIpc) is 3.56. The van der Waals surface area contributed by atoms with Gasteiger partial charge in [0.2, 0.25) is 11.8 Å². The van der Waals surface area contributed by atoms with Crippen molar-refractivity contribution in [1.82, 2.24) is 25.1 Å². The van der Waals surface area contributed by atoms with Crippen LogP contribution in [0.15, 0.2) is 42.6 Å². The lowest BCUT2D eigenvalue weighted by atomic mass is 9.85. The highest BCUT2D eigenvalue weighted by Gasteiger charge is 2.57. The number of rotatable bonds is 7. The van der Waals surface area contributed by atoms with E-state index in [0.717, 1.165) is 57.2 Å². The molecule has 3 fully saturated rings. The second kappa shape index (κ2) is 10.9. The number of alkyl halides is 3. The van der Waals surface area contributed by atoms with Crippen molar-refractivity contribution in [2.45, 2.75) is 56.3 Å². The smallest absolute Gasteiger partial charge is 0.423 e. The number of anilines is 2. The van der Waals surface area contributed by atoms with E-state index >= 15 is 0 Å². The molecule has 2 aromatic carbocycles. The molecule has 7 rings (SSSR count). The lowest BCUT2D eigenvalue weighted by Gasteiger charge is -2.23. The van der Waals surface area contributed by atoms with Crippen molar-refractivity contribution in [3.63, 3.8) is 0 Å². The standard InChI is InChI=1S/C33H35F3N6O4/c1-41-14-13-31(18-41)10-9-20(16-31)38-27(43)19-7-8-23(25(15-19)45-3)39-30-37-17-22(33(34,35)36)28(40-30)46-24-6-4-5-21-26(24)29(44)42(2)32(21)11-12-32/h4-8,15,17,20H,9-14,16,18H2,1-3H3,(H,38,43)(H,37,39,40). The Kier molecular flexibility index (Phi) is 7.14. The Morgan fingerprint density at radius 2 is 1.89 bits per heavy atom. The molecule has 13 heteroatoms. The summed E-state index contributed by atoms with van der Waals surface area (Å²) in [5.41, 5.74) is 0.370. The molecule has 1 saturated heterocycles. The molecule has 10 nitrogen and oxygen atoms in total. The highest BCUT2D eigenvalue weighted by atomic mass is 19.4. The lowest BCUT2D eigenvalue weighted by Crippen LogP contribution is -2.34. The van der Waals surface area contributed by atoms with Crippen molar-refractivity contribution in [3.8, 4) is 17.4 Å². The molecule has 2 saturated carbocycles. The first kappa shape index (κ1) is 30.3. The molecule has 4 aliphatic rings. The highest BCUT2D eigenvalue weighted by molar-refractivity contribution is 6.03. The maximum absolute atomic E-state index is 14.0. The zero-order valence-electron chi connectivity index (χ0n) is 25.8. The summed E-state index contributed by atoms with van der Waals surface area (Å²) in [4.78, 5) is 38.2. The van der Waals surface area contributed by atoms with Crippen LogP contribution in [0.4, 0.5) is 24.8 Å². The van der Waals surface area contributed by atoms with Crippen LogP contribution in [0.5, 0.6) is 17.4 Å². The molecule has 0 radical (unpaired) electrons. The van der Waals surface area contributed by atoms with Crippen LogP contribution in [0.1, 0.15) is 70.4 Å². The molecule has 242 valence electrons. The number of carbonyl (C=O) groups is 2. The number of nitrogens with one attached hydrogen (secondary N) is 2. The summed E-state index contributed by atoms with van der Waals surface area (Å²) in [7, 11) is 5.25. The van der Waals surface area contributed by atoms with Crippen molar-refractivity contribution in [2.75, 3.05) is 39.6 Å². The number of halogens is 3. The molecule has 46 heavy (non-hydrogen) atoms. The van der Waals surface area contributed by atoms with E-state index in [4.69, 9.17) is 9.47 Å². The van der Waals surface area contributed by atoms with Gasteiger partial charge in [0, 0.05) is 31.4 Å². The number of nitrogens with zero attached hydrogens (tertiary/aromatic N) is 4. The van der Waals surface area contributed by atoms with Gasteiger partial charge in [0.15, 0.2) is 0 Å². The van der Waals surface area contributed by atoms with Crippen LogP contribution in [-0.4, -0.2) is 71.9 Å². The van der Waals surface area contributed by atoms with E-state index in [1.807, 2.05) is 6.07 Å². The quantitative estimate of drug-likeness (QED) is 0.339. The van der Waals surface area contributed by atoms with E-state index in [1.54, 1.807) is 36.2 Å². The second-order valence-corrected chi connectivity index (χ2v) is 13.0. The van der Waals surface area contributed by atoms with E-state index in [0.29, 0.717) is 17.4 Å². The van der Waals surface area contributed by atoms with Gasteiger partial charge in [0.05, 0.1) is 23.9 Å². The van der Waals surface area contributed by atoms with E-state index in [-0.39, 0.29) is 46.3 Å². The van der Waals surface area contributed by atoms with Crippen molar-refractivity contribution >= 4 is 23.5 Å². The van der Waals surface area contributed by atoms with Gasteiger partial charge in [-0.1, -0.05) is 12.1 Å². The summed E-state index contributed by atoms with van der Waals surface area (Å²) in [5, 5.41) is 6.05. The fourth-order valence-electron chi connectivity index (χ4n) is 7.48. The third-order valence-electron chi connectivity index (χ3n) is 10.1. The van der Waals surface area contributed by atoms with Crippen molar-refractivity contribution in [3.05, 3.63) is 64.8 Å². The topological polar surface area (TPSA) is 109 Å². The van der Waals surface area contributed by atoms with Gasteiger partial charge in [-0.25, -0.2) is 4.98 Å². The number of benzene rings is 2. The molecule has 2 aliphatic heterocycles. The molecule has 1 aromatic heterocycles. The van der Waals surface area contributed by atoms with Crippen LogP contribution in [0.3, 0.4) is 0 Å². The van der Waals surface area contributed by atoms with Crippen LogP contribution < -0.4 is 20.1 Å². The van der Waals surface area contributed by atoms with Gasteiger partial charge in [-0.15, -0.1) is 0 Å². The minimum atomic E-state index is -4.82. The monoisotopic (exact) mass is 636 g/mol. The Balaban J connectivity index is 1.11. The third-order valence-corrected chi connectivity index (χ3v) is 10.1. The van der Waals surface area contributed by atoms with Gasteiger partial charge < -0.3 is 29.9 Å². The summed E-state index contributed by atoms with van der Waals surface area (Å²) in [6, 6.07) is 9.79. The Morgan fingerprint density at radius 3 is 2.59 bits per heavy atom. The van der Waals surface area contributed by atoms with Gasteiger partial charge >= 0.3 is 6.18 Å². The first-order chi connectivity index (χ1) is 21.9. The Labute approximate surface area is 264 Å². The normalized spacial score (nSPS) is 23.2. The Morgan fingerprint density at radius 1 is 1.09 bits per heavy atom. The second-order valence-electron chi connectivity index (χ2n) is 13.0. The number of amides is 2. The molecule has 3 heterocycles. The molecule has 3 aromatic rings. The largest absolute Gasteiger partial charge is 0.495 e. The van der Waals surface area contributed by atoms with Crippen molar-refractivity contribution in [2.24, 2.45) is 5.41 Å². The number of hydrogen-bond acceptors (Lipinski definition) is 8. The van der Waals surface area contributed by atoms with Crippen LogP contribution >= 0.6 is 0 Å². The van der Waals surface area contributed by atoms with Gasteiger partial charge in [-0.05, 0) is 87.4 Å². The predicted molar refractivity (Wildman–Crippen MR) is 162 cm³/mol. The summed E-state index contributed by atoms with van der Waals surface area (Å²) in [5.74, 6) is -1.19. The summed E-state index contributed by atoms with van der Waals surface area (Å²) >= 11 is 0. The zero-order chi connectivity index (χ0) is 32.4. The number of aromatic nitrogens is 2. The summed E-state index contributed by atoms with van der Waals surface area (Å²) in [6.45, 7) is 2.13. The number of hydrogen-bond donors (Lipinski definition) is 2. The number of methoxy groups -OCH3 is 1. The highest BCUT2D eigenvalue weighted by Crippen LogP contribution is 2.57. The van der Waals surface area contributed by atoms with E-state index < -0.39 is 23.2 Å². The van der Waals surface area contributed by atoms with Gasteiger partial charge in [-0.2, -0.15) is 18.2 Å². The Hall–Kier alpha value is -4.39. The number of likely N-dealkylation sites (tertiary alicyclic amines) is 1. The third kappa shape index (κ3) is 5.20. The Bertz CT molecular complexity index is 1730. The molecule has 2 N–H and O–H groups in total. The van der Waals surface area contributed by atoms with Gasteiger partial charge in [0.25, 0.3) is 11.8 Å². The molecule has 2 unspecified atom stereocenters.